The van der Waals surface area contributed by atoms with Crippen LogP contribution in [0.3, 0.4) is 0 Å². The van der Waals surface area contributed by atoms with Crippen molar-refractivity contribution in [2.75, 3.05) is 0 Å². The summed E-state index contributed by atoms with van der Waals surface area (Å²) in [6.45, 7) is 4.18. The first-order valence-corrected chi connectivity index (χ1v) is 6.49. The number of nitrogens with zero attached hydrogens (tertiary/aromatic N) is 2. The molecule has 2 atom stereocenters. The molecule has 1 aromatic heterocycles. The van der Waals surface area contributed by atoms with E-state index in [4.69, 9.17) is 5.73 Å². The first-order valence-electron chi connectivity index (χ1n) is 6.49. The number of rotatable bonds is 3. The first kappa shape index (κ1) is 13.1. The maximum Gasteiger partial charge on any atom is 0.323 e. The van der Waals surface area contributed by atoms with Crippen LogP contribution in [0, 0.1) is 0 Å². The van der Waals surface area contributed by atoms with Gasteiger partial charge in [-0.3, -0.25) is 4.79 Å². The SMILES string of the molecule is CC(C)c1nccn1C1CCCC(N)(C(=O)O)C1. The second-order valence-corrected chi connectivity index (χ2v) is 5.56. The van der Waals surface area contributed by atoms with Gasteiger partial charge < -0.3 is 15.4 Å². The molecule has 0 aromatic carbocycles. The van der Waals surface area contributed by atoms with Crippen LogP contribution in [0.15, 0.2) is 12.4 Å². The Hall–Kier alpha value is -1.36. The fourth-order valence-electron chi connectivity index (χ4n) is 2.79. The van der Waals surface area contributed by atoms with Gasteiger partial charge in [-0.2, -0.15) is 0 Å². The molecule has 5 heteroatoms. The van der Waals surface area contributed by atoms with E-state index in [0.717, 1.165) is 18.7 Å². The average molecular weight is 251 g/mol. The minimum absolute atomic E-state index is 0.153. The van der Waals surface area contributed by atoms with Crippen LogP contribution in [0.2, 0.25) is 0 Å². The van der Waals surface area contributed by atoms with Crippen molar-refractivity contribution in [1.29, 1.82) is 0 Å². The normalized spacial score (nSPS) is 28.6. The zero-order valence-corrected chi connectivity index (χ0v) is 11.0. The summed E-state index contributed by atoms with van der Waals surface area (Å²) in [5.41, 5.74) is 4.91. The number of aliphatic carboxylic acids is 1. The summed E-state index contributed by atoms with van der Waals surface area (Å²) in [4.78, 5) is 15.6. The van der Waals surface area contributed by atoms with E-state index in [1.54, 1.807) is 6.20 Å². The van der Waals surface area contributed by atoms with Crippen LogP contribution in [0.1, 0.15) is 57.3 Å². The fraction of sp³-hybridized carbons (Fsp3) is 0.692. The lowest BCUT2D eigenvalue weighted by Crippen LogP contribution is -2.51. The summed E-state index contributed by atoms with van der Waals surface area (Å²) in [5.74, 6) is 0.451. The molecule has 0 amide bonds. The molecule has 1 saturated carbocycles. The van der Waals surface area contributed by atoms with Gasteiger partial charge in [-0.05, 0) is 25.7 Å². The van der Waals surface area contributed by atoms with Gasteiger partial charge in [0, 0.05) is 24.4 Å². The second-order valence-electron chi connectivity index (χ2n) is 5.56. The molecule has 2 rings (SSSR count). The lowest BCUT2D eigenvalue weighted by Gasteiger charge is -2.36. The number of aromatic nitrogens is 2. The van der Waals surface area contributed by atoms with Gasteiger partial charge in [0.2, 0.25) is 0 Å². The van der Waals surface area contributed by atoms with Crippen molar-refractivity contribution in [3.05, 3.63) is 18.2 Å². The number of carboxylic acids is 1. The lowest BCUT2D eigenvalue weighted by atomic mass is 9.79. The Bertz CT molecular complexity index is 441. The maximum absolute atomic E-state index is 11.3. The molecule has 1 heterocycles. The standard InChI is InChI=1S/C13H21N3O2/c1-9(2)11-15-6-7-16(11)10-4-3-5-13(14,8-10)12(17)18/h6-7,9-10H,3-5,8,14H2,1-2H3,(H,17,18). The highest BCUT2D eigenvalue weighted by Crippen LogP contribution is 2.35. The second kappa shape index (κ2) is 4.72. The Morgan fingerprint density at radius 3 is 3.00 bits per heavy atom. The van der Waals surface area contributed by atoms with Crippen molar-refractivity contribution >= 4 is 5.97 Å². The quantitative estimate of drug-likeness (QED) is 0.859. The molecule has 1 aliphatic rings. The van der Waals surface area contributed by atoms with E-state index in [1.807, 2.05) is 6.20 Å². The third kappa shape index (κ3) is 2.27. The Balaban J connectivity index is 2.23. The van der Waals surface area contributed by atoms with Gasteiger partial charge >= 0.3 is 5.97 Å². The number of imidazole rings is 1. The Kier molecular flexibility index (Phi) is 3.43. The average Bonchev–Trinajstić information content (AvgIpc) is 2.77. The summed E-state index contributed by atoms with van der Waals surface area (Å²) < 4.78 is 2.11. The monoisotopic (exact) mass is 251 g/mol. The first-order chi connectivity index (χ1) is 8.44. The summed E-state index contributed by atoms with van der Waals surface area (Å²) in [6.07, 6.45) is 6.59. The van der Waals surface area contributed by atoms with Gasteiger partial charge in [0.1, 0.15) is 11.4 Å². The molecule has 1 aromatic rings. The molecular weight excluding hydrogens is 230 g/mol. The van der Waals surface area contributed by atoms with Crippen LogP contribution in [-0.2, 0) is 4.79 Å². The molecule has 2 unspecified atom stereocenters. The minimum Gasteiger partial charge on any atom is -0.480 e. The molecule has 3 N–H and O–H groups in total. The summed E-state index contributed by atoms with van der Waals surface area (Å²) in [7, 11) is 0. The smallest absolute Gasteiger partial charge is 0.323 e. The topological polar surface area (TPSA) is 81.1 Å². The molecule has 0 spiro atoms. The van der Waals surface area contributed by atoms with E-state index in [0.29, 0.717) is 18.8 Å². The summed E-state index contributed by atoms with van der Waals surface area (Å²) >= 11 is 0. The van der Waals surface area contributed by atoms with E-state index in [-0.39, 0.29) is 6.04 Å². The van der Waals surface area contributed by atoms with Crippen LogP contribution in [0.5, 0.6) is 0 Å². The van der Waals surface area contributed by atoms with Crippen molar-refractivity contribution in [1.82, 2.24) is 9.55 Å². The van der Waals surface area contributed by atoms with E-state index in [9.17, 15) is 9.90 Å². The van der Waals surface area contributed by atoms with Gasteiger partial charge in [0.15, 0.2) is 0 Å². The predicted octanol–water partition coefficient (Wildman–Crippen LogP) is 1.90. The number of carboxylic acid groups (broad SMARTS) is 1. The van der Waals surface area contributed by atoms with Gasteiger partial charge in [-0.25, -0.2) is 4.98 Å². The molecule has 100 valence electrons. The fourth-order valence-corrected chi connectivity index (χ4v) is 2.79. The molecule has 0 radical (unpaired) electrons. The zero-order chi connectivity index (χ0) is 13.3. The number of carbonyl (C=O) groups is 1. The highest BCUT2D eigenvalue weighted by atomic mass is 16.4. The molecule has 18 heavy (non-hydrogen) atoms. The molecule has 0 saturated heterocycles. The molecule has 0 bridgehead atoms. The maximum atomic E-state index is 11.3. The van der Waals surface area contributed by atoms with Crippen molar-refractivity contribution in [3.8, 4) is 0 Å². The Morgan fingerprint density at radius 2 is 2.39 bits per heavy atom. The van der Waals surface area contributed by atoms with Crippen molar-refractivity contribution < 1.29 is 9.90 Å². The van der Waals surface area contributed by atoms with Crippen molar-refractivity contribution in [2.45, 2.75) is 57.0 Å². The molecule has 5 nitrogen and oxygen atoms in total. The van der Waals surface area contributed by atoms with E-state index < -0.39 is 11.5 Å². The third-order valence-corrected chi connectivity index (χ3v) is 3.79. The van der Waals surface area contributed by atoms with Crippen LogP contribution < -0.4 is 5.73 Å². The number of hydrogen-bond acceptors (Lipinski definition) is 3. The Morgan fingerprint density at radius 1 is 1.67 bits per heavy atom. The van der Waals surface area contributed by atoms with E-state index in [1.165, 1.54) is 0 Å². The third-order valence-electron chi connectivity index (χ3n) is 3.79. The molecular formula is C13H21N3O2. The van der Waals surface area contributed by atoms with Gasteiger partial charge in [0.25, 0.3) is 0 Å². The number of hydrogen-bond donors (Lipinski definition) is 2. The van der Waals surface area contributed by atoms with Gasteiger partial charge in [-0.1, -0.05) is 13.8 Å². The highest BCUT2D eigenvalue weighted by molar-refractivity contribution is 5.78. The van der Waals surface area contributed by atoms with Crippen LogP contribution >= 0.6 is 0 Å². The lowest BCUT2D eigenvalue weighted by molar-refractivity contribution is -0.145. The van der Waals surface area contributed by atoms with E-state index >= 15 is 0 Å². The minimum atomic E-state index is -1.08. The van der Waals surface area contributed by atoms with Gasteiger partial charge in [-0.15, -0.1) is 0 Å². The van der Waals surface area contributed by atoms with Crippen LogP contribution in [0.25, 0.3) is 0 Å². The number of nitrogens with two attached hydrogens (primary N) is 1. The summed E-state index contributed by atoms with van der Waals surface area (Å²) in [6, 6.07) is 0.153. The molecule has 0 aliphatic heterocycles. The zero-order valence-electron chi connectivity index (χ0n) is 11.0. The van der Waals surface area contributed by atoms with Crippen LogP contribution in [0.4, 0.5) is 0 Å². The van der Waals surface area contributed by atoms with Crippen LogP contribution in [-0.4, -0.2) is 26.2 Å². The molecule has 1 fully saturated rings. The Labute approximate surface area is 107 Å². The summed E-state index contributed by atoms with van der Waals surface area (Å²) in [5, 5.41) is 9.24. The molecule has 1 aliphatic carbocycles. The van der Waals surface area contributed by atoms with E-state index in [2.05, 4.69) is 23.4 Å². The largest absolute Gasteiger partial charge is 0.480 e. The van der Waals surface area contributed by atoms with Crippen molar-refractivity contribution in [2.24, 2.45) is 5.73 Å². The highest BCUT2D eigenvalue weighted by Gasteiger charge is 2.40. The van der Waals surface area contributed by atoms with Gasteiger partial charge in [0.05, 0.1) is 0 Å². The predicted molar refractivity (Wildman–Crippen MR) is 68.4 cm³/mol. The van der Waals surface area contributed by atoms with Crippen molar-refractivity contribution in [3.63, 3.8) is 0 Å².